The molecule has 0 bridgehead atoms. The first kappa shape index (κ1) is 15.9. The van der Waals surface area contributed by atoms with Gasteiger partial charge in [0.2, 0.25) is 0 Å². The molecule has 4 rings (SSSR count). The minimum absolute atomic E-state index is 0.0575. The Morgan fingerprint density at radius 1 is 1.52 bits per heavy atom. The quantitative estimate of drug-likeness (QED) is 0.781. The van der Waals surface area contributed by atoms with Crippen molar-refractivity contribution >= 4 is 32.6 Å². The highest BCUT2D eigenvalue weighted by atomic mass is 32.1. The number of imidazole rings is 1. The summed E-state index contributed by atoms with van der Waals surface area (Å²) in [4.78, 5) is 8.96. The number of aliphatic hydroxyl groups is 1. The van der Waals surface area contributed by atoms with Crippen LogP contribution in [0.1, 0.15) is 31.6 Å². The predicted molar refractivity (Wildman–Crippen MR) is 89.2 cm³/mol. The third-order valence-electron chi connectivity index (χ3n) is 3.84. The Kier molecular flexibility index (Phi) is 4.86. The lowest BCUT2D eigenvalue weighted by Gasteiger charge is -2.25. The lowest BCUT2D eigenvalue weighted by molar-refractivity contribution is 0.0582. The van der Waals surface area contributed by atoms with Gasteiger partial charge in [-0.2, -0.15) is 5.26 Å². The van der Waals surface area contributed by atoms with E-state index in [0.29, 0.717) is 12.4 Å². The third-order valence-corrected chi connectivity index (χ3v) is 4.75. The molecule has 4 heterocycles. The molecule has 6 nitrogen and oxygen atoms in total. The number of ether oxygens (including phenoxy) is 1. The fraction of sp³-hybridized carbons (Fsp3) is 0.438. The number of thiophene rings is 1. The van der Waals surface area contributed by atoms with Gasteiger partial charge in [-0.1, -0.05) is 0 Å². The monoisotopic (exact) mass is 330 g/mol. The Morgan fingerprint density at radius 3 is 3.04 bits per heavy atom. The summed E-state index contributed by atoms with van der Waals surface area (Å²) in [6.07, 6.45) is 3.91. The third kappa shape index (κ3) is 2.93. The van der Waals surface area contributed by atoms with E-state index in [-0.39, 0.29) is 12.6 Å². The molecule has 120 valence electrons. The summed E-state index contributed by atoms with van der Waals surface area (Å²) in [5, 5.41) is 19.0. The maximum atomic E-state index is 9.63. The van der Waals surface area contributed by atoms with Crippen LogP contribution in [0.15, 0.2) is 17.6 Å². The van der Waals surface area contributed by atoms with Crippen LogP contribution in [0.5, 0.6) is 0 Å². The molecule has 1 aliphatic heterocycles. The van der Waals surface area contributed by atoms with E-state index in [1.54, 1.807) is 23.6 Å². The van der Waals surface area contributed by atoms with E-state index in [4.69, 9.17) is 10.00 Å². The first-order valence-corrected chi connectivity index (χ1v) is 8.40. The second kappa shape index (κ2) is 7.04. The molecule has 3 aromatic rings. The van der Waals surface area contributed by atoms with Gasteiger partial charge < -0.3 is 14.4 Å². The minimum atomic E-state index is -0.0575. The number of nitrogens with zero attached hydrogens (tertiary/aromatic N) is 4. The number of pyridine rings is 1. The largest absolute Gasteiger partial charge is 0.388 e. The van der Waals surface area contributed by atoms with Crippen molar-refractivity contribution in [2.75, 3.05) is 13.2 Å². The van der Waals surface area contributed by atoms with E-state index in [1.165, 1.54) is 6.92 Å². The van der Waals surface area contributed by atoms with Crippen LogP contribution < -0.4 is 0 Å². The maximum Gasteiger partial charge on any atom is 0.136 e. The molecule has 0 spiro atoms. The SMILES string of the molecule is CC#N.OCc1nc2cnc3ccsc3c2n1C1CCCOC1. The molecule has 1 aliphatic rings. The Hall–Kier alpha value is -2.01. The van der Waals surface area contributed by atoms with Crippen LogP contribution in [0.4, 0.5) is 0 Å². The van der Waals surface area contributed by atoms with Crippen molar-refractivity contribution in [3.63, 3.8) is 0 Å². The van der Waals surface area contributed by atoms with Crippen molar-refractivity contribution < 1.29 is 9.84 Å². The van der Waals surface area contributed by atoms with Gasteiger partial charge in [-0.3, -0.25) is 4.98 Å². The van der Waals surface area contributed by atoms with E-state index >= 15 is 0 Å². The molecule has 1 unspecified atom stereocenters. The first-order valence-electron chi connectivity index (χ1n) is 7.52. The zero-order valence-electron chi connectivity index (χ0n) is 12.9. The highest BCUT2D eigenvalue weighted by Gasteiger charge is 2.23. The topological polar surface area (TPSA) is 84.0 Å². The van der Waals surface area contributed by atoms with Gasteiger partial charge in [-0.25, -0.2) is 4.98 Å². The van der Waals surface area contributed by atoms with E-state index in [9.17, 15) is 5.11 Å². The van der Waals surface area contributed by atoms with Gasteiger partial charge in [0.15, 0.2) is 0 Å². The van der Waals surface area contributed by atoms with Gasteiger partial charge in [0, 0.05) is 13.5 Å². The number of fused-ring (bicyclic) bond motifs is 3. The van der Waals surface area contributed by atoms with Crippen molar-refractivity contribution in [3.05, 3.63) is 23.5 Å². The number of nitriles is 1. The molecule has 1 fully saturated rings. The average Bonchev–Trinajstić information content (AvgIpc) is 3.19. The summed E-state index contributed by atoms with van der Waals surface area (Å²) in [5.41, 5.74) is 2.93. The minimum Gasteiger partial charge on any atom is -0.388 e. The zero-order chi connectivity index (χ0) is 16.2. The fourth-order valence-electron chi connectivity index (χ4n) is 2.96. The highest BCUT2D eigenvalue weighted by Crippen LogP contribution is 2.33. The molecule has 1 saturated heterocycles. The second-order valence-electron chi connectivity index (χ2n) is 5.28. The number of aliphatic hydroxyl groups excluding tert-OH is 1. The molecular formula is C16H18N4O2S. The standard InChI is InChI=1S/C14H15N3O2S.C2H3N/c18-7-12-16-11-6-15-10-3-5-20-14(10)13(11)17(12)9-2-1-4-19-8-9;1-2-3/h3,5-6,9,18H,1-2,4,7-8H2;1H3. The van der Waals surface area contributed by atoms with Gasteiger partial charge >= 0.3 is 0 Å². The molecule has 0 amide bonds. The Labute approximate surface area is 138 Å². The van der Waals surface area contributed by atoms with Crippen LogP contribution in [0, 0.1) is 11.3 Å². The van der Waals surface area contributed by atoms with Crippen molar-refractivity contribution in [1.29, 1.82) is 5.26 Å². The molecule has 23 heavy (non-hydrogen) atoms. The van der Waals surface area contributed by atoms with E-state index in [1.807, 2.05) is 11.4 Å². The Balaban J connectivity index is 0.000000485. The molecular weight excluding hydrogens is 312 g/mol. The lowest BCUT2D eigenvalue weighted by Crippen LogP contribution is -2.22. The summed E-state index contributed by atoms with van der Waals surface area (Å²) in [6.45, 7) is 2.89. The van der Waals surface area contributed by atoms with Crippen LogP contribution in [0.3, 0.4) is 0 Å². The molecule has 1 N–H and O–H groups in total. The van der Waals surface area contributed by atoms with E-state index < -0.39 is 0 Å². The van der Waals surface area contributed by atoms with Crippen LogP contribution in [0.2, 0.25) is 0 Å². The Bertz CT molecular complexity index is 843. The molecule has 7 heteroatoms. The second-order valence-corrected chi connectivity index (χ2v) is 6.19. The van der Waals surface area contributed by atoms with Gasteiger partial charge in [0.05, 0.1) is 40.6 Å². The van der Waals surface area contributed by atoms with Crippen LogP contribution >= 0.6 is 11.3 Å². The van der Waals surface area contributed by atoms with Gasteiger partial charge in [0.1, 0.15) is 17.9 Å². The van der Waals surface area contributed by atoms with Gasteiger partial charge in [-0.05, 0) is 24.3 Å². The Morgan fingerprint density at radius 2 is 2.35 bits per heavy atom. The number of rotatable bonds is 2. The zero-order valence-corrected chi connectivity index (χ0v) is 13.7. The van der Waals surface area contributed by atoms with Crippen molar-refractivity contribution in [1.82, 2.24) is 14.5 Å². The van der Waals surface area contributed by atoms with Gasteiger partial charge in [-0.15, -0.1) is 11.3 Å². The smallest absolute Gasteiger partial charge is 0.136 e. The molecule has 0 aromatic carbocycles. The van der Waals surface area contributed by atoms with Crippen LogP contribution in [0.25, 0.3) is 21.3 Å². The molecule has 3 aromatic heterocycles. The summed E-state index contributed by atoms with van der Waals surface area (Å²) in [7, 11) is 0. The van der Waals surface area contributed by atoms with Crippen LogP contribution in [-0.4, -0.2) is 32.9 Å². The number of hydrogen-bond donors (Lipinski definition) is 1. The summed E-state index contributed by atoms with van der Waals surface area (Å²) in [6, 6.07) is 4.02. The van der Waals surface area contributed by atoms with Crippen molar-refractivity contribution in [3.8, 4) is 6.07 Å². The lowest BCUT2D eigenvalue weighted by atomic mass is 10.1. The first-order chi connectivity index (χ1) is 11.3. The van der Waals surface area contributed by atoms with E-state index in [0.717, 1.165) is 40.7 Å². The molecule has 0 radical (unpaired) electrons. The van der Waals surface area contributed by atoms with Crippen LogP contribution in [-0.2, 0) is 11.3 Å². The maximum absolute atomic E-state index is 9.63. The molecule has 0 aliphatic carbocycles. The highest BCUT2D eigenvalue weighted by molar-refractivity contribution is 7.18. The van der Waals surface area contributed by atoms with Crippen molar-refractivity contribution in [2.24, 2.45) is 0 Å². The fourth-order valence-corrected chi connectivity index (χ4v) is 3.85. The average molecular weight is 330 g/mol. The summed E-state index contributed by atoms with van der Waals surface area (Å²) >= 11 is 1.67. The van der Waals surface area contributed by atoms with Crippen molar-refractivity contribution in [2.45, 2.75) is 32.4 Å². The summed E-state index contributed by atoms with van der Waals surface area (Å²) < 4.78 is 8.91. The van der Waals surface area contributed by atoms with E-state index in [2.05, 4.69) is 14.5 Å². The number of hydrogen-bond acceptors (Lipinski definition) is 6. The summed E-state index contributed by atoms with van der Waals surface area (Å²) in [5.74, 6) is 0.707. The number of aromatic nitrogens is 3. The van der Waals surface area contributed by atoms with Gasteiger partial charge in [0.25, 0.3) is 0 Å². The predicted octanol–water partition coefficient (Wildman–Crippen LogP) is 3.02. The normalized spacial score (nSPS) is 17.7. The molecule has 1 atom stereocenters. The molecule has 0 saturated carbocycles.